The van der Waals surface area contributed by atoms with E-state index in [2.05, 4.69) is 4.98 Å². The highest BCUT2D eigenvalue weighted by Crippen LogP contribution is 2.14. The Morgan fingerprint density at radius 1 is 1.83 bits per heavy atom. The fraction of sp³-hybridized carbons (Fsp3) is 0.286. The Bertz CT molecular complexity index is 306. The molecule has 0 saturated heterocycles. The highest BCUT2D eigenvalue weighted by molar-refractivity contribution is 7.12. The first-order chi connectivity index (χ1) is 5.72. The van der Waals surface area contributed by atoms with Crippen molar-refractivity contribution < 1.29 is 4.92 Å². The van der Waals surface area contributed by atoms with Crippen LogP contribution < -0.4 is 0 Å². The van der Waals surface area contributed by atoms with Gasteiger partial charge in [-0.25, -0.2) is 4.98 Å². The third-order valence-corrected chi connectivity index (χ3v) is 2.37. The number of aromatic nitrogens is 1. The van der Waals surface area contributed by atoms with Crippen LogP contribution in [-0.4, -0.2) is 9.91 Å². The van der Waals surface area contributed by atoms with Crippen molar-refractivity contribution >= 4 is 17.4 Å². The molecule has 0 unspecified atom stereocenters. The third kappa shape index (κ3) is 2.43. The molecule has 0 saturated carbocycles. The summed E-state index contributed by atoms with van der Waals surface area (Å²) in [5.74, 6) is 0. The molecule has 0 aliphatic rings. The first-order valence-corrected chi connectivity index (χ1v) is 4.30. The van der Waals surface area contributed by atoms with E-state index in [1.54, 1.807) is 6.20 Å². The Balaban J connectivity index is 2.70. The van der Waals surface area contributed by atoms with Gasteiger partial charge in [0.15, 0.2) is 0 Å². The average molecular weight is 184 g/mol. The Morgan fingerprint density at radius 3 is 3.08 bits per heavy atom. The highest BCUT2D eigenvalue weighted by atomic mass is 32.1. The summed E-state index contributed by atoms with van der Waals surface area (Å²) in [5.41, 5.74) is 0. The number of nitro groups is 1. The summed E-state index contributed by atoms with van der Waals surface area (Å²) in [6.45, 7) is 2.02. The van der Waals surface area contributed by atoms with Crippen LogP contribution in [-0.2, 0) is 6.42 Å². The second kappa shape index (κ2) is 3.96. The number of rotatable bonds is 3. The molecule has 0 radical (unpaired) electrons. The van der Waals surface area contributed by atoms with Crippen LogP contribution in [0.2, 0.25) is 0 Å². The van der Waals surface area contributed by atoms with Crippen molar-refractivity contribution in [2.45, 2.75) is 13.3 Å². The van der Waals surface area contributed by atoms with Crippen molar-refractivity contribution in [2.24, 2.45) is 0 Å². The minimum absolute atomic E-state index is 0.493. The Hall–Kier alpha value is -1.23. The summed E-state index contributed by atoms with van der Waals surface area (Å²) in [7, 11) is 0. The molecule has 1 aromatic heterocycles. The molecule has 1 rings (SSSR count). The van der Waals surface area contributed by atoms with E-state index in [0.717, 1.165) is 17.5 Å². The second-order valence-corrected chi connectivity index (χ2v) is 3.27. The zero-order chi connectivity index (χ0) is 8.97. The van der Waals surface area contributed by atoms with E-state index in [9.17, 15) is 10.1 Å². The Morgan fingerprint density at radius 2 is 2.58 bits per heavy atom. The maximum Gasteiger partial charge on any atom is 0.237 e. The lowest BCUT2D eigenvalue weighted by Crippen LogP contribution is -1.81. The topological polar surface area (TPSA) is 56.0 Å². The molecule has 0 spiro atoms. The van der Waals surface area contributed by atoms with Gasteiger partial charge in [0, 0.05) is 17.2 Å². The molecule has 0 bridgehead atoms. The van der Waals surface area contributed by atoms with Gasteiger partial charge >= 0.3 is 0 Å². The summed E-state index contributed by atoms with van der Waals surface area (Å²) in [6, 6.07) is 0. The van der Waals surface area contributed by atoms with Crippen LogP contribution in [0.15, 0.2) is 12.4 Å². The molecular formula is C7H8N2O2S. The van der Waals surface area contributed by atoms with Gasteiger partial charge in [-0.15, -0.1) is 11.3 Å². The van der Waals surface area contributed by atoms with Gasteiger partial charge in [-0.2, -0.15) is 0 Å². The van der Waals surface area contributed by atoms with Crippen LogP contribution in [0.1, 0.15) is 16.8 Å². The zero-order valence-corrected chi connectivity index (χ0v) is 7.37. The van der Waals surface area contributed by atoms with Gasteiger partial charge < -0.3 is 0 Å². The first-order valence-electron chi connectivity index (χ1n) is 3.48. The van der Waals surface area contributed by atoms with Crippen LogP contribution in [0.25, 0.3) is 6.08 Å². The fourth-order valence-electron chi connectivity index (χ4n) is 0.688. The Labute approximate surface area is 73.7 Å². The Kier molecular flexibility index (Phi) is 2.93. The van der Waals surface area contributed by atoms with E-state index in [1.165, 1.54) is 17.4 Å². The van der Waals surface area contributed by atoms with Gasteiger partial charge in [0.1, 0.15) is 5.01 Å². The lowest BCUT2D eigenvalue weighted by atomic mass is 10.4. The average Bonchev–Trinajstić information content (AvgIpc) is 2.48. The van der Waals surface area contributed by atoms with E-state index >= 15 is 0 Å². The molecule has 0 aliphatic carbocycles. The minimum Gasteiger partial charge on any atom is -0.259 e. The summed E-state index contributed by atoms with van der Waals surface area (Å²) in [5, 5.41) is 10.6. The highest BCUT2D eigenvalue weighted by Gasteiger charge is 1.97. The van der Waals surface area contributed by atoms with Crippen molar-refractivity contribution in [3.8, 4) is 0 Å². The van der Waals surface area contributed by atoms with E-state index in [4.69, 9.17) is 0 Å². The van der Waals surface area contributed by atoms with Crippen molar-refractivity contribution in [3.05, 3.63) is 32.4 Å². The van der Waals surface area contributed by atoms with Crippen molar-refractivity contribution in [1.29, 1.82) is 0 Å². The summed E-state index contributed by atoms with van der Waals surface area (Å²) >= 11 is 1.47. The lowest BCUT2D eigenvalue weighted by Gasteiger charge is -1.80. The lowest BCUT2D eigenvalue weighted by molar-refractivity contribution is -0.400. The molecule has 0 N–H and O–H groups in total. The summed E-state index contributed by atoms with van der Waals surface area (Å²) in [6.07, 6.45) is 4.97. The fourth-order valence-corrected chi connectivity index (χ4v) is 1.44. The predicted molar refractivity (Wildman–Crippen MR) is 47.5 cm³/mol. The minimum atomic E-state index is -0.493. The molecule has 12 heavy (non-hydrogen) atoms. The molecule has 1 heterocycles. The first kappa shape index (κ1) is 8.86. The maximum atomic E-state index is 9.94. The maximum absolute atomic E-state index is 9.94. The van der Waals surface area contributed by atoms with Gasteiger partial charge in [0.25, 0.3) is 0 Å². The number of hydrogen-bond acceptors (Lipinski definition) is 4. The molecule has 0 aliphatic heterocycles. The molecule has 4 nitrogen and oxygen atoms in total. The van der Waals surface area contributed by atoms with E-state index in [-0.39, 0.29) is 0 Å². The quantitative estimate of drug-likeness (QED) is 0.533. The van der Waals surface area contributed by atoms with Gasteiger partial charge in [-0.3, -0.25) is 10.1 Å². The van der Waals surface area contributed by atoms with Gasteiger partial charge in [0.05, 0.1) is 4.92 Å². The van der Waals surface area contributed by atoms with Gasteiger partial charge in [0.2, 0.25) is 6.20 Å². The van der Waals surface area contributed by atoms with Gasteiger partial charge in [-0.05, 0) is 6.42 Å². The normalized spacial score (nSPS) is 10.8. The largest absolute Gasteiger partial charge is 0.259 e. The number of aryl methyl sites for hydroxylation is 1. The number of hydrogen-bond donors (Lipinski definition) is 0. The van der Waals surface area contributed by atoms with Crippen molar-refractivity contribution in [1.82, 2.24) is 4.98 Å². The van der Waals surface area contributed by atoms with Crippen molar-refractivity contribution in [3.63, 3.8) is 0 Å². The van der Waals surface area contributed by atoms with Crippen molar-refractivity contribution in [2.75, 3.05) is 0 Å². The van der Waals surface area contributed by atoms with Crippen LogP contribution in [0, 0.1) is 10.1 Å². The zero-order valence-electron chi connectivity index (χ0n) is 6.56. The predicted octanol–water partition coefficient (Wildman–Crippen LogP) is 1.95. The van der Waals surface area contributed by atoms with E-state index < -0.39 is 4.92 Å². The molecule has 0 atom stereocenters. The number of thiazole rings is 1. The van der Waals surface area contributed by atoms with Crippen LogP contribution >= 0.6 is 11.3 Å². The molecule has 0 fully saturated rings. The van der Waals surface area contributed by atoms with E-state index in [1.807, 2.05) is 6.92 Å². The smallest absolute Gasteiger partial charge is 0.237 e. The summed E-state index contributed by atoms with van der Waals surface area (Å²) < 4.78 is 0. The standard InChI is InChI=1S/C7H8N2O2S/c1-2-6-5-8-7(12-6)3-4-9(10)11/h3-5H,2H2,1H3/b4-3+. The number of nitrogens with zero attached hydrogens (tertiary/aromatic N) is 2. The monoisotopic (exact) mass is 184 g/mol. The molecule has 5 heteroatoms. The van der Waals surface area contributed by atoms with Gasteiger partial charge in [-0.1, -0.05) is 6.92 Å². The molecule has 0 amide bonds. The molecule has 1 aromatic rings. The molecular weight excluding hydrogens is 176 g/mol. The molecule has 64 valence electrons. The summed E-state index contributed by atoms with van der Waals surface area (Å²) in [4.78, 5) is 14.6. The SMILES string of the molecule is CCc1cnc(/C=C/[N+](=O)[O-])s1. The van der Waals surface area contributed by atoms with Crippen LogP contribution in [0.3, 0.4) is 0 Å². The van der Waals surface area contributed by atoms with Crippen LogP contribution in [0.5, 0.6) is 0 Å². The second-order valence-electron chi connectivity index (χ2n) is 2.12. The van der Waals surface area contributed by atoms with E-state index in [0.29, 0.717) is 5.01 Å². The van der Waals surface area contributed by atoms with Crippen LogP contribution in [0.4, 0.5) is 0 Å². The third-order valence-electron chi connectivity index (χ3n) is 1.26. The molecule has 0 aromatic carbocycles.